The molecule has 2 amide bonds. The standard InChI is InChI=1S/C15H20N2O3S/c1-21(19,20)14-10-6-5-9-13(14)17-15(18)16-11-12-7-3-2-4-8-12/h2-3,5-6,9-10,12H,4,7-8,11H2,1H3,(H2,16,17,18). The Kier molecular flexibility index (Phi) is 5.01. The molecular weight excluding hydrogens is 288 g/mol. The SMILES string of the molecule is CS(=O)(=O)c1ccccc1NC(=O)NCC1CC=CCC1. The summed E-state index contributed by atoms with van der Waals surface area (Å²) in [5.41, 5.74) is 0.307. The van der Waals surface area contributed by atoms with Gasteiger partial charge in [0.1, 0.15) is 0 Å². The van der Waals surface area contributed by atoms with Crippen molar-refractivity contribution in [2.24, 2.45) is 5.92 Å². The van der Waals surface area contributed by atoms with Gasteiger partial charge in [-0.3, -0.25) is 0 Å². The highest BCUT2D eigenvalue weighted by atomic mass is 32.2. The topological polar surface area (TPSA) is 75.3 Å². The van der Waals surface area contributed by atoms with Crippen LogP contribution in [0.5, 0.6) is 0 Å². The van der Waals surface area contributed by atoms with Crippen LogP contribution in [0.4, 0.5) is 10.5 Å². The van der Waals surface area contributed by atoms with Gasteiger partial charge in [0.2, 0.25) is 0 Å². The zero-order valence-corrected chi connectivity index (χ0v) is 12.8. The van der Waals surface area contributed by atoms with Crippen molar-refractivity contribution in [3.05, 3.63) is 36.4 Å². The molecule has 0 aromatic heterocycles. The predicted octanol–water partition coefficient (Wildman–Crippen LogP) is 2.57. The Morgan fingerprint density at radius 1 is 1.29 bits per heavy atom. The monoisotopic (exact) mass is 308 g/mol. The first-order valence-electron chi connectivity index (χ1n) is 6.96. The van der Waals surface area contributed by atoms with E-state index >= 15 is 0 Å². The van der Waals surface area contributed by atoms with Crippen LogP contribution >= 0.6 is 0 Å². The zero-order valence-electron chi connectivity index (χ0n) is 12.0. The van der Waals surface area contributed by atoms with Crippen molar-refractivity contribution in [1.82, 2.24) is 5.32 Å². The van der Waals surface area contributed by atoms with Crippen LogP contribution in [0.25, 0.3) is 0 Å². The molecule has 1 aliphatic rings. The fourth-order valence-corrected chi connectivity index (χ4v) is 3.18. The van der Waals surface area contributed by atoms with Crippen LogP contribution in [-0.2, 0) is 9.84 Å². The van der Waals surface area contributed by atoms with Crippen LogP contribution in [0.2, 0.25) is 0 Å². The van der Waals surface area contributed by atoms with E-state index in [1.54, 1.807) is 18.2 Å². The molecular formula is C15H20N2O3S. The third-order valence-corrected chi connectivity index (χ3v) is 4.62. The Morgan fingerprint density at radius 3 is 2.71 bits per heavy atom. The van der Waals surface area contributed by atoms with Crippen molar-refractivity contribution < 1.29 is 13.2 Å². The second-order valence-corrected chi connectivity index (χ2v) is 7.24. The Balaban J connectivity index is 1.95. The number of benzene rings is 1. The number of nitrogens with one attached hydrogen (secondary N) is 2. The van der Waals surface area contributed by atoms with Gasteiger partial charge in [-0.2, -0.15) is 0 Å². The number of anilines is 1. The van der Waals surface area contributed by atoms with E-state index < -0.39 is 9.84 Å². The van der Waals surface area contributed by atoms with E-state index in [0.717, 1.165) is 25.5 Å². The van der Waals surface area contributed by atoms with Gasteiger partial charge in [-0.15, -0.1) is 0 Å². The molecule has 0 saturated carbocycles. The summed E-state index contributed by atoms with van der Waals surface area (Å²) in [6.07, 6.45) is 8.49. The molecule has 5 nitrogen and oxygen atoms in total. The molecule has 0 bridgehead atoms. The van der Waals surface area contributed by atoms with Crippen molar-refractivity contribution >= 4 is 21.6 Å². The minimum Gasteiger partial charge on any atom is -0.338 e. The maximum atomic E-state index is 11.9. The molecule has 21 heavy (non-hydrogen) atoms. The highest BCUT2D eigenvalue weighted by Crippen LogP contribution is 2.20. The number of hydrogen-bond acceptors (Lipinski definition) is 3. The van der Waals surface area contributed by atoms with E-state index in [1.807, 2.05) is 0 Å². The third kappa shape index (κ3) is 4.60. The lowest BCUT2D eigenvalue weighted by Crippen LogP contribution is -2.33. The highest BCUT2D eigenvalue weighted by Gasteiger charge is 2.15. The minimum absolute atomic E-state index is 0.126. The molecule has 2 N–H and O–H groups in total. The van der Waals surface area contributed by atoms with Crippen LogP contribution in [-0.4, -0.2) is 27.2 Å². The average molecular weight is 308 g/mol. The maximum absolute atomic E-state index is 11.9. The molecule has 114 valence electrons. The molecule has 0 radical (unpaired) electrons. The van der Waals surface area contributed by atoms with Gasteiger partial charge in [-0.25, -0.2) is 13.2 Å². The van der Waals surface area contributed by atoms with Gasteiger partial charge >= 0.3 is 6.03 Å². The molecule has 0 saturated heterocycles. The normalized spacial score (nSPS) is 18.2. The lowest BCUT2D eigenvalue weighted by molar-refractivity contribution is 0.249. The summed E-state index contributed by atoms with van der Waals surface area (Å²) in [5.74, 6) is 0.450. The summed E-state index contributed by atoms with van der Waals surface area (Å²) in [7, 11) is -3.37. The van der Waals surface area contributed by atoms with Crippen molar-refractivity contribution in [2.45, 2.75) is 24.2 Å². The lowest BCUT2D eigenvalue weighted by atomic mass is 9.94. The number of urea groups is 1. The number of amides is 2. The van der Waals surface area contributed by atoms with Crippen LogP contribution in [0, 0.1) is 5.92 Å². The number of para-hydroxylation sites is 1. The summed E-state index contributed by atoms with van der Waals surface area (Å²) in [6.45, 7) is 0.594. The van der Waals surface area contributed by atoms with E-state index in [2.05, 4.69) is 22.8 Å². The number of rotatable bonds is 4. The molecule has 0 aliphatic heterocycles. The highest BCUT2D eigenvalue weighted by molar-refractivity contribution is 7.90. The molecule has 1 aliphatic carbocycles. The van der Waals surface area contributed by atoms with Crippen LogP contribution in [0.15, 0.2) is 41.3 Å². The first kappa shape index (κ1) is 15.6. The van der Waals surface area contributed by atoms with Gasteiger partial charge < -0.3 is 10.6 Å². The Labute approximate surface area is 125 Å². The molecule has 0 spiro atoms. The van der Waals surface area contributed by atoms with Gasteiger partial charge in [-0.1, -0.05) is 24.3 Å². The van der Waals surface area contributed by atoms with Crippen molar-refractivity contribution in [2.75, 3.05) is 18.1 Å². The number of sulfone groups is 1. The molecule has 1 aromatic carbocycles. The summed E-state index contributed by atoms with van der Waals surface area (Å²) < 4.78 is 23.3. The lowest BCUT2D eigenvalue weighted by Gasteiger charge is -2.18. The Morgan fingerprint density at radius 2 is 2.05 bits per heavy atom. The average Bonchev–Trinajstić information content (AvgIpc) is 2.46. The summed E-state index contributed by atoms with van der Waals surface area (Å²) >= 11 is 0. The predicted molar refractivity (Wildman–Crippen MR) is 83.1 cm³/mol. The van der Waals surface area contributed by atoms with Gasteiger partial charge in [0.15, 0.2) is 9.84 Å². The summed E-state index contributed by atoms with van der Waals surface area (Å²) in [4.78, 5) is 12.0. The molecule has 0 heterocycles. The van der Waals surface area contributed by atoms with Gasteiger partial charge in [0, 0.05) is 12.8 Å². The molecule has 1 aromatic rings. The number of carbonyl (C=O) groups excluding carboxylic acids is 1. The molecule has 6 heteroatoms. The van der Waals surface area contributed by atoms with Gasteiger partial charge in [0.05, 0.1) is 10.6 Å². The second kappa shape index (κ2) is 6.76. The fourth-order valence-electron chi connectivity index (χ4n) is 2.34. The van der Waals surface area contributed by atoms with E-state index in [1.165, 1.54) is 6.07 Å². The summed E-state index contributed by atoms with van der Waals surface area (Å²) in [5, 5.41) is 5.41. The van der Waals surface area contributed by atoms with Crippen LogP contribution in [0.3, 0.4) is 0 Å². The number of hydrogen-bond donors (Lipinski definition) is 2. The maximum Gasteiger partial charge on any atom is 0.319 e. The molecule has 2 rings (SSSR count). The quantitative estimate of drug-likeness (QED) is 0.839. The Bertz CT molecular complexity index is 638. The first-order chi connectivity index (χ1) is 9.97. The number of carbonyl (C=O) groups is 1. The smallest absolute Gasteiger partial charge is 0.319 e. The van der Waals surface area contributed by atoms with E-state index in [0.29, 0.717) is 18.2 Å². The fraction of sp³-hybridized carbons (Fsp3) is 0.400. The van der Waals surface area contributed by atoms with Crippen molar-refractivity contribution in [3.63, 3.8) is 0 Å². The van der Waals surface area contributed by atoms with E-state index in [4.69, 9.17) is 0 Å². The summed E-state index contributed by atoms with van der Waals surface area (Å²) in [6, 6.07) is 6.01. The second-order valence-electron chi connectivity index (χ2n) is 5.25. The largest absolute Gasteiger partial charge is 0.338 e. The van der Waals surface area contributed by atoms with Crippen molar-refractivity contribution in [3.8, 4) is 0 Å². The van der Waals surface area contributed by atoms with Gasteiger partial charge in [-0.05, 0) is 37.3 Å². The third-order valence-electron chi connectivity index (χ3n) is 3.46. The van der Waals surface area contributed by atoms with Crippen LogP contribution in [0.1, 0.15) is 19.3 Å². The van der Waals surface area contributed by atoms with E-state index in [-0.39, 0.29) is 10.9 Å². The Hall–Kier alpha value is -1.82. The molecule has 1 unspecified atom stereocenters. The first-order valence-corrected chi connectivity index (χ1v) is 8.85. The van der Waals surface area contributed by atoms with Crippen molar-refractivity contribution in [1.29, 1.82) is 0 Å². The number of allylic oxidation sites excluding steroid dienone is 2. The zero-order chi connectivity index (χ0) is 15.3. The molecule has 1 atom stereocenters. The van der Waals surface area contributed by atoms with Gasteiger partial charge in [0.25, 0.3) is 0 Å². The van der Waals surface area contributed by atoms with E-state index in [9.17, 15) is 13.2 Å². The van der Waals surface area contributed by atoms with Crippen LogP contribution < -0.4 is 10.6 Å². The molecule has 0 fully saturated rings. The minimum atomic E-state index is -3.37.